The van der Waals surface area contributed by atoms with Crippen molar-refractivity contribution >= 4 is 0 Å². The van der Waals surface area contributed by atoms with Crippen molar-refractivity contribution in [1.29, 1.82) is 0 Å². The van der Waals surface area contributed by atoms with E-state index in [1.807, 2.05) is 30.3 Å². The Labute approximate surface area is 117 Å². The Hall–Kier alpha value is -2.36. The average molecular weight is 272 g/mol. The van der Waals surface area contributed by atoms with Crippen LogP contribution in [-0.2, 0) is 12.8 Å². The van der Waals surface area contributed by atoms with Crippen LogP contribution in [0.1, 0.15) is 11.1 Å². The summed E-state index contributed by atoms with van der Waals surface area (Å²) in [5.74, 6) is 2.02. The molecule has 20 heavy (non-hydrogen) atoms. The Morgan fingerprint density at radius 3 is 2.55 bits per heavy atom. The van der Waals surface area contributed by atoms with E-state index in [4.69, 9.17) is 14.2 Å². The molecule has 0 fully saturated rings. The van der Waals surface area contributed by atoms with Crippen LogP contribution >= 0.6 is 0 Å². The van der Waals surface area contributed by atoms with Crippen LogP contribution in [0.15, 0.2) is 30.3 Å². The standard InChI is InChI=1S/C16H16O4/c1-18-13-9-11-8-7-10-5-3-4-6-12(10)20-15(11)14(17)16(13)19-2/h3-6,9,17H,7-8H2,1-2H3. The molecule has 4 heteroatoms. The minimum atomic E-state index is -0.0152. The molecular weight excluding hydrogens is 256 g/mol. The molecule has 4 nitrogen and oxygen atoms in total. The summed E-state index contributed by atoms with van der Waals surface area (Å²) in [6.07, 6.45) is 1.64. The zero-order valence-corrected chi connectivity index (χ0v) is 11.5. The minimum Gasteiger partial charge on any atom is -0.502 e. The number of benzene rings is 2. The first-order valence-corrected chi connectivity index (χ1v) is 6.47. The molecule has 2 aromatic carbocycles. The van der Waals surface area contributed by atoms with Gasteiger partial charge in [0.05, 0.1) is 14.2 Å². The number of aromatic hydroxyl groups is 1. The Morgan fingerprint density at radius 1 is 1.05 bits per heavy atom. The smallest absolute Gasteiger partial charge is 0.207 e. The SMILES string of the molecule is COc1cc2c(c(O)c1OC)Oc1ccccc1CC2. The van der Waals surface area contributed by atoms with Crippen LogP contribution in [0.2, 0.25) is 0 Å². The van der Waals surface area contributed by atoms with Crippen molar-refractivity contribution in [3.8, 4) is 28.7 Å². The van der Waals surface area contributed by atoms with Crippen molar-refractivity contribution < 1.29 is 19.3 Å². The van der Waals surface area contributed by atoms with Gasteiger partial charge in [0.25, 0.3) is 0 Å². The van der Waals surface area contributed by atoms with Gasteiger partial charge >= 0.3 is 0 Å². The fourth-order valence-electron chi connectivity index (χ4n) is 2.50. The third kappa shape index (κ3) is 1.93. The zero-order chi connectivity index (χ0) is 14.1. The van der Waals surface area contributed by atoms with E-state index in [1.165, 1.54) is 7.11 Å². The van der Waals surface area contributed by atoms with Crippen LogP contribution in [0, 0.1) is 0 Å². The molecule has 104 valence electrons. The van der Waals surface area contributed by atoms with Gasteiger partial charge in [-0.1, -0.05) is 18.2 Å². The highest BCUT2D eigenvalue weighted by Gasteiger charge is 2.23. The molecule has 0 amide bonds. The van der Waals surface area contributed by atoms with Crippen LogP contribution in [0.5, 0.6) is 28.7 Å². The normalized spacial score (nSPS) is 12.7. The second-order valence-electron chi connectivity index (χ2n) is 4.66. The molecule has 1 N–H and O–H groups in total. The lowest BCUT2D eigenvalue weighted by Crippen LogP contribution is -1.96. The summed E-state index contributed by atoms with van der Waals surface area (Å²) in [5.41, 5.74) is 2.04. The molecule has 0 aliphatic carbocycles. The molecule has 1 aliphatic rings. The molecule has 0 atom stereocenters. The van der Waals surface area contributed by atoms with E-state index in [2.05, 4.69) is 0 Å². The third-order valence-electron chi connectivity index (χ3n) is 3.52. The monoisotopic (exact) mass is 272 g/mol. The fourth-order valence-corrected chi connectivity index (χ4v) is 2.50. The number of para-hydroxylation sites is 1. The summed E-state index contributed by atoms with van der Waals surface area (Å²) in [6, 6.07) is 9.70. The molecule has 0 aromatic heterocycles. The Bertz CT molecular complexity index is 649. The molecule has 0 spiro atoms. The van der Waals surface area contributed by atoms with Gasteiger partial charge in [-0.05, 0) is 30.5 Å². The maximum Gasteiger partial charge on any atom is 0.207 e. The summed E-state index contributed by atoms with van der Waals surface area (Å²) in [6.45, 7) is 0. The minimum absolute atomic E-state index is 0.0152. The molecule has 1 aliphatic heterocycles. The van der Waals surface area contributed by atoms with Crippen molar-refractivity contribution in [2.75, 3.05) is 14.2 Å². The van der Waals surface area contributed by atoms with Gasteiger partial charge in [-0.2, -0.15) is 0 Å². The summed E-state index contributed by atoms with van der Waals surface area (Å²) in [5, 5.41) is 10.4. The highest BCUT2D eigenvalue weighted by atomic mass is 16.5. The van der Waals surface area contributed by atoms with Crippen LogP contribution in [-0.4, -0.2) is 19.3 Å². The van der Waals surface area contributed by atoms with E-state index >= 15 is 0 Å². The van der Waals surface area contributed by atoms with Gasteiger partial charge in [-0.15, -0.1) is 0 Å². The van der Waals surface area contributed by atoms with Crippen molar-refractivity contribution in [2.45, 2.75) is 12.8 Å². The molecule has 0 radical (unpaired) electrons. The maximum absolute atomic E-state index is 10.4. The predicted octanol–water partition coefficient (Wildman–Crippen LogP) is 3.30. The van der Waals surface area contributed by atoms with Gasteiger partial charge in [-0.25, -0.2) is 0 Å². The van der Waals surface area contributed by atoms with Gasteiger partial charge in [-0.3, -0.25) is 0 Å². The number of aryl methyl sites for hydroxylation is 2. The van der Waals surface area contributed by atoms with E-state index in [0.717, 1.165) is 29.7 Å². The maximum atomic E-state index is 10.4. The number of hydrogen-bond acceptors (Lipinski definition) is 4. The number of fused-ring (bicyclic) bond motifs is 2. The van der Waals surface area contributed by atoms with Crippen molar-refractivity contribution in [2.24, 2.45) is 0 Å². The predicted molar refractivity (Wildman–Crippen MR) is 75.1 cm³/mol. The number of phenolic OH excluding ortho intramolecular Hbond substituents is 1. The lowest BCUT2D eigenvalue weighted by atomic mass is 10.0. The Balaban J connectivity index is 2.15. The van der Waals surface area contributed by atoms with E-state index in [9.17, 15) is 5.11 Å². The molecule has 3 rings (SSSR count). The first-order valence-electron chi connectivity index (χ1n) is 6.47. The third-order valence-corrected chi connectivity index (χ3v) is 3.52. The number of methoxy groups -OCH3 is 2. The second-order valence-corrected chi connectivity index (χ2v) is 4.66. The summed E-state index contributed by atoms with van der Waals surface area (Å²) in [7, 11) is 3.05. The van der Waals surface area contributed by atoms with Gasteiger partial charge in [0, 0.05) is 5.56 Å². The first kappa shape index (κ1) is 12.7. The van der Waals surface area contributed by atoms with Gasteiger partial charge in [0.2, 0.25) is 11.5 Å². The van der Waals surface area contributed by atoms with Crippen LogP contribution in [0.3, 0.4) is 0 Å². The van der Waals surface area contributed by atoms with Crippen LogP contribution < -0.4 is 14.2 Å². The van der Waals surface area contributed by atoms with Gasteiger partial charge in [0.1, 0.15) is 5.75 Å². The average Bonchev–Trinajstić information content (AvgIpc) is 2.66. The molecule has 0 saturated heterocycles. The number of phenols is 1. The zero-order valence-electron chi connectivity index (χ0n) is 11.5. The van der Waals surface area contributed by atoms with Crippen molar-refractivity contribution in [3.63, 3.8) is 0 Å². The Morgan fingerprint density at radius 2 is 1.80 bits per heavy atom. The van der Waals surface area contributed by atoms with E-state index < -0.39 is 0 Å². The number of ether oxygens (including phenoxy) is 3. The molecule has 0 unspecified atom stereocenters. The highest BCUT2D eigenvalue weighted by molar-refractivity contribution is 5.64. The van der Waals surface area contributed by atoms with Crippen LogP contribution in [0.25, 0.3) is 0 Å². The topological polar surface area (TPSA) is 47.9 Å². The van der Waals surface area contributed by atoms with Gasteiger partial charge in [0.15, 0.2) is 11.5 Å². The molecular formula is C16H16O4. The van der Waals surface area contributed by atoms with Crippen molar-refractivity contribution in [1.82, 2.24) is 0 Å². The van der Waals surface area contributed by atoms with E-state index in [-0.39, 0.29) is 5.75 Å². The molecule has 1 heterocycles. The quantitative estimate of drug-likeness (QED) is 0.911. The van der Waals surface area contributed by atoms with Crippen LogP contribution in [0.4, 0.5) is 0 Å². The number of hydrogen-bond donors (Lipinski definition) is 1. The lowest BCUT2D eigenvalue weighted by molar-refractivity contribution is 0.322. The molecule has 0 saturated carbocycles. The van der Waals surface area contributed by atoms with Crippen molar-refractivity contribution in [3.05, 3.63) is 41.5 Å². The lowest BCUT2D eigenvalue weighted by Gasteiger charge is -2.15. The largest absolute Gasteiger partial charge is 0.502 e. The second kappa shape index (κ2) is 4.96. The van der Waals surface area contributed by atoms with Gasteiger partial charge < -0.3 is 19.3 Å². The highest BCUT2D eigenvalue weighted by Crippen LogP contribution is 2.49. The van der Waals surface area contributed by atoms with E-state index in [0.29, 0.717) is 17.2 Å². The molecule has 0 bridgehead atoms. The number of rotatable bonds is 2. The summed E-state index contributed by atoms with van der Waals surface area (Å²) in [4.78, 5) is 0. The first-order chi connectivity index (χ1) is 9.74. The summed E-state index contributed by atoms with van der Waals surface area (Å²) >= 11 is 0. The Kier molecular flexibility index (Phi) is 3.14. The fraction of sp³-hybridized carbons (Fsp3) is 0.250. The van der Waals surface area contributed by atoms with E-state index in [1.54, 1.807) is 7.11 Å². The summed E-state index contributed by atoms with van der Waals surface area (Å²) < 4.78 is 16.4. The molecule has 2 aromatic rings.